The molecule has 0 saturated heterocycles. The van der Waals surface area contributed by atoms with Crippen molar-refractivity contribution in [2.75, 3.05) is 6.54 Å². The van der Waals surface area contributed by atoms with Gasteiger partial charge in [0.1, 0.15) is 6.54 Å². The van der Waals surface area contributed by atoms with Gasteiger partial charge in [-0.3, -0.25) is 9.48 Å². The smallest absolute Gasteiger partial charge is 0.325 e. The molecular weight excluding hydrogens is 218 g/mol. The number of nitrogens with zero attached hydrogens (tertiary/aromatic N) is 2. The molecule has 1 aliphatic rings. The molecule has 17 heavy (non-hydrogen) atoms. The number of rotatable bonds is 2. The second kappa shape index (κ2) is 4.14. The third-order valence-electron chi connectivity index (χ3n) is 3.00. The zero-order valence-electron chi connectivity index (χ0n) is 10.6. The van der Waals surface area contributed by atoms with Crippen LogP contribution in [0.5, 0.6) is 0 Å². The van der Waals surface area contributed by atoms with Gasteiger partial charge in [-0.15, -0.1) is 0 Å². The average molecular weight is 237 g/mol. The van der Waals surface area contributed by atoms with Gasteiger partial charge in [-0.2, -0.15) is 5.10 Å². The number of carbonyl (C=O) groups is 1. The molecule has 0 fully saturated rings. The van der Waals surface area contributed by atoms with Crippen molar-refractivity contribution in [3.05, 3.63) is 17.0 Å². The minimum absolute atomic E-state index is 0.0432. The standard InChI is InChI=1S/C12H19N3O2/c1-12(2,3)11-8-6-13-5-4-9(8)15(14-11)7-10(16)17/h13H,4-7H2,1-3H3,(H,16,17). The summed E-state index contributed by atoms with van der Waals surface area (Å²) in [6, 6.07) is 0. The molecule has 2 heterocycles. The Morgan fingerprint density at radius 1 is 1.53 bits per heavy atom. The van der Waals surface area contributed by atoms with E-state index in [0.29, 0.717) is 0 Å². The van der Waals surface area contributed by atoms with Gasteiger partial charge < -0.3 is 10.4 Å². The van der Waals surface area contributed by atoms with E-state index >= 15 is 0 Å². The lowest BCUT2D eigenvalue weighted by molar-refractivity contribution is -0.137. The van der Waals surface area contributed by atoms with Crippen LogP contribution >= 0.6 is 0 Å². The van der Waals surface area contributed by atoms with E-state index in [9.17, 15) is 4.79 Å². The Morgan fingerprint density at radius 2 is 2.24 bits per heavy atom. The first kappa shape index (κ1) is 12.1. The monoisotopic (exact) mass is 237 g/mol. The molecule has 0 saturated carbocycles. The Hall–Kier alpha value is -1.36. The van der Waals surface area contributed by atoms with Crippen LogP contribution in [0.15, 0.2) is 0 Å². The second-order valence-corrected chi connectivity index (χ2v) is 5.50. The molecule has 2 N–H and O–H groups in total. The van der Waals surface area contributed by atoms with E-state index in [0.717, 1.165) is 30.9 Å². The highest BCUT2D eigenvalue weighted by Crippen LogP contribution is 2.28. The summed E-state index contributed by atoms with van der Waals surface area (Å²) in [4.78, 5) is 10.8. The lowest BCUT2D eigenvalue weighted by atomic mass is 9.88. The number of aliphatic carboxylic acids is 1. The van der Waals surface area contributed by atoms with Crippen molar-refractivity contribution < 1.29 is 9.90 Å². The molecule has 0 radical (unpaired) electrons. The van der Waals surface area contributed by atoms with Gasteiger partial charge in [-0.25, -0.2) is 0 Å². The van der Waals surface area contributed by atoms with Crippen LogP contribution < -0.4 is 5.32 Å². The SMILES string of the molecule is CC(C)(C)c1nn(CC(=O)O)c2c1CNCC2. The van der Waals surface area contributed by atoms with Crippen molar-refractivity contribution in [3.63, 3.8) is 0 Å². The summed E-state index contributed by atoms with van der Waals surface area (Å²) in [6.45, 7) is 7.96. The summed E-state index contributed by atoms with van der Waals surface area (Å²) in [5, 5.41) is 16.7. The highest BCUT2D eigenvalue weighted by molar-refractivity contribution is 5.66. The molecule has 1 aromatic rings. The summed E-state index contributed by atoms with van der Waals surface area (Å²) in [6.07, 6.45) is 0.853. The summed E-state index contributed by atoms with van der Waals surface area (Å²) in [5.41, 5.74) is 3.23. The van der Waals surface area contributed by atoms with Crippen LogP contribution in [0.2, 0.25) is 0 Å². The average Bonchev–Trinajstić information content (AvgIpc) is 2.56. The summed E-state index contributed by atoms with van der Waals surface area (Å²) in [5.74, 6) is -0.839. The minimum Gasteiger partial charge on any atom is -0.480 e. The molecule has 1 aromatic heterocycles. The number of carboxylic acid groups (broad SMARTS) is 1. The molecule has 0 amide bonds. The number of fused-ring (bicyclic) bond motifs is 1. The van der Waals surface area contributed by atoms with Gasteiger partial charge >= 0.3 is 5.97 Å². The van der Waals surface area contributed by atoms with Crippen molar-refractivity contribution in [1.82, 2.24) is 15.1 Å². The molecule has 0 bridgehead atoms. The number of aromatic nitrogens is 2. The van der Waals surface area contributed by atoms with Crippen LogP contribution in [0, 0.1) is 0 Å². The highest BCUT2D eigenvalue weighted by Gasteiger charge is 2.28. The molecule has 0 unspecified atom stereocenters. The van der Waals surface area contributed by atoms with E-state index < -0.39 is 5.97 Å². The van der Waals surface area contributed by atoms with Crippen LogP contribution in [0.25, 0.3) is 0 Å². The van der Waals surface area contributed by atoms with E-state index in [2.05, 4.69) is 31.2 Å². The molecule has 5 nitrogen and oxygen atoms in total. The normalized spacial score (nSPS) is 15.7. The number of carboxylic acids is 1. The second-order valence-electron chi connectivity index (χ2n) is 5.50. The van der Waals surface area contributed by atoms with Crippen LogP contribution in [-0.4, -0.2) is 27.4 Å². The maximum atomic E-state index is 10.8. The first-order valence-electron chi connectivity index (χ1n) is 5.91. The maximum Gasteiger partial charge on any atom is 0.325 e. The summed E-state index contributed by atoms with van der Waals surface area (Å²) in [7, 11) is 0. The highest BCUT2D eigenvalue weighted by atomic mass is 16.4. The van der Waals surface area contributed by atoms with Gasteiger partial charge in [-0.05, 0) is 0 Å². The van der Waals surface area contributed by atoms with Gasteiger partial charge in [0.05, 0.1) is 5.69 Å². The van der Waals surface area contributed by atoms with Gasteiger partial charge in [0.15, 0.2) is 0 Å². The zero-order valence-corrected chi connectivity index (χ0v) is 10.6. The fourth-order valence-corrected chi connectivity index (χ4v) is 2.28. The first-order chi connectivity index (χ1) is 7.89. The fourth-order valence-electron chi connectivity index (χ4n) is 2.28. The molecule has 0 atom stereocenters. The van der Waals surface area contributed by atoms with Gasteiger partial charge in [0.2, 0.25) is 0 Å². The molecule has 5 heteroatoms. The van der Waals surface area contributed by atoms with Crippen molar-refractivity contribution in [3.8, 4) is 0 Å². The Balaban J connectivity index is 2.47. The van der Waals surface area contributed by atoms with Crippen molar-refractivity contribution in [2.24, 2.45) is 0 Å². The Bertz CT molecular complexity index is 443. The zero-order chi connectivity index (χ0) is 12.6. The largest absolute Gasteiger partial charge is 0.480 e. The predicted molar refractivity (Wildman–Crippen MR) is 64.0 cm³/mol. The van der Waals surface area contributed by atoms with Gasteiger partial charge in [0, 0.05) is 36.2 Å². The first-order valence-corrected chi connectivity index (χ1v) is 5.91. The Labute approximate surface area is 101 Å². The lowest BCUT2D eigenvalue weighted by Gasteiger charge is -2.20. The van der Waals surface area contributed by atoms with Crippen LogP contribution in [0.3, 0.4) is 0 Å². The molecule has 0 aliphatic carbocycles. The third-order valence-corrected chi connectivity index (χ3v) is 3.00. The summed E-state index contributed by atoms with van der Waals surface area (Å²) >= 11 is 0. The quantitative estimate of drug-likeness (QED) is 0.802. The number of nitrogens with one attached hydrogen (secondary N) is 1. The van der Waals surface area contributed by atoms with Gasteiger partial charge in [-0.1, -0.05) is 20.8 Å². The molecule has 2 rings (SSSR count). The Morgan fingerprint density at radius 3 is 2.82 bits per heavy atom. The van der Waals surface area contributed by atoms with Crippen molar-refractivity contribution in [1.29, 1.82) is 0 Å². The molecule has 94 valence electrons. The molecular formula is C12H19N3O2. The minimum atomic E-state index is -0.839. The third kappa shape index (κ3) is 2.34. The number of hydrogen-bond acceptors (Lipinski definition) is 3. The Kier molecular flexibility index (Phi) is 2.95. The van der Waals surface area contributed by atoms with Gasteiger partial charge in [0.25, 0.3) is 0 Å². The van der Waals surface area contributed by atoms with E-state index in [4.69, 9.17) is 5.11 Å². The van der Waals surface area contributed by atoms with E-state index in [1.54, 1.807) is 4.68 Å². The van der Waals surface area contributed by atoms with E-state index in [-0.39, 0.29) is 12.0 Å². The topological polar surface area (TPSA) is 67.2 Å². The van der Waals surface area contributed by atoms with Crippen LogP contribution in [-0.2, 0) is 29.7 Å². The molecule has 0 aromatic carbocycles. The summed E-state index contributed by atoms with van der Waals surface area (Å²) < 4.78 is 1.65. The maximum absolute atomic E-state index is 10.8. The van der Waals surface area contributed by atoms with E-state index in [1.165, 1.54) is 5.56 Å². The number of hydrogen-bond donors (Lipinski definition) is 2. The van der Waals surface area contributed by atoms with Crippen molar-refractivity contribution >= 4 is 5.97 Å². The molecule has 0 spiro atoms. The van der Waals surface area contributed by atoms with Crippen LogP contribution in [0.4, 0.5) is 0 Å². The fraction of sp³-hybridized carbons (Fsp3) is 0.667. The molecule has 1 aliphatic heterocycles. The lowest BCUT2D eigenvalue weighted by Crippen LogP contribution is -2.27. The van der Waals surface area contributed by atoms with E-state index in [1.807, 2.05) is 0 Å². The predicted octanol–water partition coefficient (Wildman–Crippen LogP) is 0.911. The van der Waals surface area contributed by atoms with Crippen LogP contribution in [0.1, 0.15) is 37.7 Å². The van der Waals surface area contributed by atoms with Crippen molar-refractivity contribution in [2.45, 2.75) is 45.7 Å².